The normalized spacial score (nSPS) is 14.1. The van der Waals surface area contributed by atoms with Gasteiger partial charge in [-0.2, -0.15) is 0 Å². The molecule has 0 saturated heterocycles. The van der Waals surface area contributed by atoms with Gasteiger partial charge in [0.15, 0.2) is 11.5 Å². The van der Waals surface area contributed by atoms with Crippen LogP contribution in [0.3, 0.4) is 0 Å². The van der Waals surface area contributed by atoms with E-state index in [0.29, 0.717) is 18.1 Å². The first-order valence-corrected chi connectivity index (χ1v) is 4.29. The van der Waals surface area contributed by atoms with Crippen LogP contribution in [0.1, 0.15) is 18.1 Å². The number of aromatic hydroxyl groups is 1. The van der Waals surface area contributed by atoms with E-state index in [-0.39, 0.29) is 0 Å². The maximum atomic E-state index is 9.68. The van der Waals surface area contributed by atoms with Crippen molar-refractivity contribution >= 4 is 0 Å². The second kappa shape index (κ2) is 2.70. The number of fused-ring (bicyclic) bond motifs is 1. The third-order valence-electron chi connectivity index (χ3n) is 2.30. The summed E-state index contributed by atoms with van der Waals surface area (Å²) in [5, 5.41) is 9.68. The predicted molar refractivity (Wildman–Crippen MR) is 46.7 cm³/mol. The highest BCUT2D eigenvalue weighted by Gasteiger charge is 2.17. The van der Waals surface area contributed by atoms with Crippen molar-refractivity contribution in [2.75, 3.05) is 6.61 Å². The predicted octanol–water partition coefficient (Wildman–Crippen LogP) is 1.89. The number of phenols is 1. The Kier molecular flexibility index (Phi) is 1.68. The molecule has 0 aliphatic carbocycles. The fourth-order valence-corrected chi connectivity index (χ4v) is 1.56. The van der Waals surface area contributed by atoms with Crippen LogP contribution in [0.25, 0.3) is 0 Å². The first kappa shape index (κ1) is 7.47. The van der Waals surface area contributed by atoms with Crippen LogP contribution >= 0.6 is 0 Å². The van der Waals surface area contributed by atoms with Crippen molar-refractivity contribution in [3.8, 4) is 11.5 Å². The van der Waals surface area contributed by atoms with Gasteiger partial charge in [0.25, 0.3) is 0 Å². The number of rotatable bonds is 1. The molecule has 1 N–H and O–H groups in total. The lowest BCUT2D eigenvalue weighted by Gasteiger charge is -2.05. The molecule has 0 saturated carbocycles. The van der Waals surface area contributed by atoms with Crippen LogP contribution in [0.15, 0.2) is 12.1 Å². The van der Waals surface area contributed by atoms with Gasteiger partial charge in [0, 0.05) is 12.0 Å². The molecule has 2 rings (SSSR count). The fraction of sp³-hybridized carbons (Fsp3) is 0.400. The molecule has 1 aromatic rings. The van der Waals surface area contributed by atoms with Crippen LogP contribution in [0.4, 0.5) is 0 Å². The van der Waals surface area contributed by atoms with E-state index in [0.717, 1.165) is 24.0 Å². The fourth-order valence-electron chi connectivity index (χ4n) is 1.56. The number of hydrogen-bond acceptors (Lipinski definition) is 2. The van der Waals surface area contributed by atoms with Crippen molar-refractivity contribution in [2.45, 2.75) is 19.8 Å². The van der Waals surface area contributed by atoms with Crippen LogP contribution in [0.5, 0.6) is 11.5 Å². The molecule has 1 heterocycles. The Balaban J connectivity index is 2.54. The van der Waals surface area contributed by atoms with Gasteiger partial charge in [0.05, 0.1) is 6.61 Å². The number of benzene rings is 1. The third kappa shape index (κ3) is 0.951. The second-order valence-electron chi connectivity index (χ2n) is 3.01. The highest BCUT2D eigenvalue weighted by Crippen LogP contribution is 2.37. The highest BCUT2D eigenvalue weighted by molar-refractivity contribution is 5.52. The molecule has 0 amide bonds. The molecule has 0 atom stereocenters. The Morgan fingerprint density at radius 1 is 1.50 bits per heavy atom. The Labute approximate surface area is 71.8 Å². The molecule has 12 heavy (non-hydrogen) atoms. The molecular formula is C10H12O2. The van der Waals surface area contributed by atoms with Gasteiger partial charge >= 0.3 is 0 Å². The summed E-state index contributed by atoms with van der Waals surface area (Å²) in [5.74, 6) is 1.04. The molecule has 2 heteroatoms. The summed E-state index contributed by atoms with van der Waals surface area (Å²) >= 11 is 0. The summed E-state index contributed by atoms with van der Waals surface area (Å²) in [4.78, 5) is 0. The van der Waals surface area contributed by atoms with Gasteiger partial charge in [-0.25, -0.2) is 0 Å². The summed E-state index contributed by atoms with van der Waals surface area (Å²) in [5.41, 5.74) is 2.10. The average Bonchev–Trinajstić information content (AvgIpc) is 2.53. The van der Waals surface area contributed by atoms with E-state index in [1.165, 1.54) is 0 Å². The Morgan fingerprint density at radius 2 is 2.33 bits per heavy atom. The standard InChI is InChI=1S/C10H12O2/c1-2-7-3-4-8-5-6-12-10(8)9(7)11/h3-4,11H,2,5-6H2,1H3. The van der Waals surface area contributed by atoms with Crippen molar-refractivity contribution in [3.63, 3.8) is 0 Å². The van der Waals surface area contributed by atoms with Crippen molar-refractivity contribution in [2.24, 2.45) is 0 Å². The van der Waals surface area contributed by atoms with E-state index in [9.17, 15) is 5.11 Å². The first-order chi connectivity index (χ1) is 5.83. The van der Waals surface area contributed by atoms with Crippen LogP contribution in [-0.2, 0) is 12.8 Å². The van der Waals surface area contributed by atoms with E-state index >= 15 is 0 Å². The maximum absolute atomic E-state index is 9.68. The molecular weight excluding hydrogens is 152 g/mol. The average molecular weight is 164 g/mol. The third-order valence-corrected chi connectivity index (χ3v) is 2.30. The van der Waals surface area contributed by atoms with E-state index in [1.54, 1.807) is 0 Å². The van der Waals surface area contributed by atoms with Gasteiger partial charge in [-0.3, -0.25) is 0 Å². The molecule has 2 nitrogen and oxygen atoms in total. The number of phenolic OH excluding ortho intramolecular Hbond substituents is 1. The van der Waals surface area contributed by atoms with E-state index in [2.05, 4.69) is 0 Å². The molecule has 1 aromatic carbocycles. The van der Waals surface area contributed by atoms with Crippen LogP contribution < -0.4 is 4.74 Å². The minimum absolute atomic E-state index is 0.340. The zero-order valence-electron chi connectivity index (χ0n) is 7.13. The van der Waals surface area contributed by atoms with Crippen LogP contribution in [0, 0.1) is 0 Å². The van der Waals surface area contributed by atoms with E-state index in [4.69, 9.17) is 4.74 Å². The number of ether oxygens (including phenoxy) is 1. The Morgan fingerprint density at radius 3 is 3.08 bits per heavy atom. The van der Waals surface area contributed by atoms with E-state index < -0.39 is 0 Å². The van der Waals surface area contributed by atoms with Gasteiger partial charge in [-0.1, -0.05) is 19.1 Å². The molecule has 0 aromatic heterocycles. The van der Waals surface area contributed by atoms with Gasteiger partial charge in [-0.15, -0.1) is 0 Å². The Hall–Kier alpha value is -1.18. The second-order valence-corrected chi connectivity index (χ2v) is 3.01. The van der Waals surface area contributed by atoms with Gasteiger partial charge < -0.3 is 9.84 Å². The largest absolute Gasteiger partial charge is 0.504 e. The first-order valence-electron chi connectivity index (χ1n) is 4.29. The van der Waals surface area contributed by atoms with Crippen LogP contribution in [-0.4, -0.2) is 11.7 Å². The lowest BCUT2D eigenvalue weighted by molar-refractivity contribution is 0.333. The van der Waals surface area contributed by atoms with Crippen molar-refractivity contribution in [1.82, 2.24) is 0 Å². The lowest BCUT2D eigenvalue weighted by Crippen LogP contribution is -1.88. The lowest BCUT2D eigenvalue weighted by atomic mass is 10.1. The zero-order valence-corrected chi connectivity index (χ0v) is 7.13. The van der Waals surface area contributed by atoms with Gasteiger partial charge in [-0.05, 0) is 12.0 Å². The summed E-state index contributed by atoms with van der Waals surface area (Å²) in [7, 11) is 0. The van der Waals surface area contributed by atoms with Gasteiger partial charge in [0.1, 0.15) is 0 Å². The molecule has 1 aliphatic heterocycles. The summed E-state index contributed by atoms with van der Waals surface area (Å²) in [6.07, 6.45) is 1.77. The van der Waals surface area contributed by atoms with Gasteiger partial charge in [0.2, 0.25) is 0 Å². The van der Waals surface area contributed by atoms with Crippen molar-refractivity contribution < 1.29 is 9.84 Å². The van der Waals surface area contributed by atoms with Crippen LogP contribution in [0.2, 0.25) is 0 Å². The van der Waals surface area contributed by atoms with E-state index in [1.807, 2.05) is 19.1 Å². The summed E-state index contributed by atoms with van der Waals surface area (Å²) in [6.45, 7) is 2.73. The van der Waals surface area contributed by atoms with Crippen molar-refractivity contribution in [3.05, 3.63) is 23.3 Å². The minimum atomic E-state index is 0.340. The minimum Gasteiger partial charge on any atom is -0.504 e. The zero-order chi connectivity index (χ0) is 8.55. The monoisotopic (exact) mass is 164 g/mol. The molecule has 0 spiro atoms. The summed E-state index contributed by atoms with van der Waals surface area (Å²) in [6, 6.07) is 4.02. The smallest absolute Gasteiger partial charge is 0.164 e. The number of aryl methyl sites for hydroxylation is 1. The molecule has 0 bridgehead atoms. The summed E-state index contributed by atoms with van der Waals surface area (Å²) < 4.78 is 5.32. The molecule has 0 fully saturated rings. The molecule has 0 unspecified atom stereocenters. The quantitative estimate of drug-likeness (QED) is 0.686. The molecule has 0 radical (unpaired) electrons. The SMILES string of the molecule is CCc1ccc2c(c1O)OCC2. The maximum Gasteiger partial charge on any atom is 0.164 e. The Bertz CT molecular complexity index is 305. The van der Waals surface area contributed by atoms with Crippen molar-refractivity contribution in [1.29, 1.82) is 0 Å². The topological polar surface area (TPSA) is 29.5 Å². The highest BCUT2D eigenvalue weighted by atomic mass is 16.5. The molecule has 64 valence electrons. The number of hydrogen-bond donors (Lipinski definition) is 1. The molecule has 1 aliphatic rings.